The largest absolute Gasteiger partial charge is 0.340 e. The summed E-state index contributed by atoms with van der Waals surface area (Å²) in [5.41, 5.74) is 2.24. The van der Waals surface area contributed by atoms with E-state index in [4.69, 9.17) is 4.52 Å². The molecule has 2 aromatic heterocycles. The first-order valence-corrected chi connectivity index (χ1v) is 7.10. The molecule has 0 atom stereocenters. The number of aryl methyl sites for hydroxylation is 2. The second kappa shape index (κ2) is 5.46. The summed E-state index contributed by atoms with van der Waals surface area (Å²) in [5.74, 6) is 1.83. The Morgan fingerprint density at radius 2 is 2.10 bits per heavy atom. The third kappa shape index (κ3) is 2.57. The van der Waals surface area contributed by atoms with Gasteiger partial charge in [-0.2, -0.15) is 4.98 Å². The van der Waals surface area contributed by atoms with Crippen molar-refractivity contribution >= 4 is 11.8 Å². The van der Waals surface area contributed by atoms with Crippen LogP contribution in [0.2, 0.25) is 0 Å². The smallest absolute Gasteiger partial charge is 0.223 e. The molecular weight excluding hydrogens is 274 g/mol. The maximum Gasteiger partial charge on any atom is 0.223 e. The van der Waals surface area contributed by atoms with Gasteiger partial charge in [0.1, 0.15) is 6.33 Å². The summed E-state index contributed by atoms with van der Waals surface area (Å²) >= 11 is 1.53. The highest BCUT2D eigenvalue weighted by Gasteiger charge is 2.11. The van der Waals surface area contributed by atoms with Crippen LogP contribution < -0.4 is 0 Å². The van der Waals surface area contributed by atoms with Crippen molar-refractivity contribution < 1.29 is 4.52 Å². The van der Waals surface area contributed by atoms with E-state index in [1.54, 1.807) is 13.3 Å². The van der Waals surface area contributed by atoms with Crippen LogP contribution in [-0.2, 0) is 5.75 Å². The zero-order valence-electron chi connectivity index (χ0n) is 11.1. The maximum absolute atomic E-state index is 4.95. The number of hydrogen-bond donors (Lipinski definition) is 0. The highest BCUT2D eigenvalue weighted by molar-refractivity contribution is 7.98. The quantitative estimate of drug-likeness (QED) is 0.687. The molecule has 7 heteroatoms. The summed E-state index contributed by atoms with van der Waals surface area (Å²) in [7, 11) is 0. The Kier molecular flexibility index (Phi) is 3.51. The first-order valence-electron chi connectivity index (χ1n) is 6.12. The van der Waals surface area contributed by atoms with Crippen LogP contribution in [-0.4, -0.2) is 24.9 Å². The van der Waals surface area contributed by atoms with Crippen molar-refractivity contribution in [3.05, 3.63) is 47.9 Å². The van der Waals surface area contributed by atoms with Gasteiger partial charge in [-0.15, -0.1) is 10.2 Å². The molecular formula is C13H13N5OS. The number of aromatic nitrogens is 5. The van der Waals surface area contributed by atoms with Gasteiger partial charge >= 0.3 is 0 Å². The van der Waals surface area contributed by atoms with Gasteiger partial charge in [-0.05, 0) is 18.6 Å². The van der Waals surface area contributed by atoms with Crippen molar-refractivity contribution in [2.75, 3.05) is 0 Å². The summed E-state index contributed by atoms with van der Waals surface area (Å²) in [6.45, 7) is 3.84. The van der Waals surface area contributed by atoms with E-state index >= 15 is 0 Å². The van der Waals surface area contributed by atoms with Crippen LogP contribution in [0.5, 0.6) is 0 Å². The fourth-order valence-corrected chi connectivity index (χ4v) is 2.62. The molecule has 0 amide bonds. The summed E-state index contributed by atoms with van der Waals surface area (Å²) in [5, 5.41) is 12.8. The Balaban J connectivity index is 1.82. The topological polar surface area (TPSA) is 69.6 Å². The predicted molar refractivity (Wildman–Crippen MR) is 74.7 cm³/mol. The first kappa shape index (κ1) is 12.9. The number of benzene rings is 1. The Hall–Kier alpha value is -2.15. The molecule has 0 bridgehead atoms. The molecule has 0 spiro atoms. The minimum atomic E-state index is 0.570. The lowest BCUT2D eigenvalue weighted by atomic mass is 10.2. The van der Waals surface area contributed by atoms with Gasteiger partial charge < -0.3 is 4.52 Å². The number of hydrogen-bond acceptors (Lipinski definition) is 6. The van der Waals surface area contributed by atoms with E-state index in [9.17, 15) is 0 Å². The van der Waals surface area contributed by atoms with Crippen molar-refractivity contribution in [2.24, 2.45) is 0 Å². The molecule has 0 saturated heterocycles. The fourth-order valence-electron chi connectivity index (χ4n) is 1.85. The molecule has 102 valence electrons. The van der Waals surface area contributed by atoms with Gasteiger partial charge in [0.2, 0.25) is 5.89 Å². The average Bonchev–Trinajstić information content (AvgIpc) is 3.06. The standard InChI is InChI=1S/C13H13N5OS/c1-9-5-3-4-6-11(9)18-8-14-16-13(18)20-7-12-15-10(2)19-17-12/h3-6,8H,7H2,1-2H3. The van der Waals surface area contributed by atoms with E-state index in [2.05, 4.69) is 33.3 Å². The molecule has 6 nitrogen and oxygen atoms in total. The molecule has 2 heterocycles. The second-order valence-corrected chi connectivity index (χ2v) is 5.23. The highest BCUT2D eigenvalue weighted by atomic mass is 32.2. The van der Waals surface area contributed by atoms with E-state index in [0.717, 1.165) is 10.8 Å². The number of nitrogens with zero attached hydrogens (tertiary/aromatic N) is 5. The summed E-state index contributed by atoms with van der Waals surface area (Å²) in [6, 6.07) is 8.12. The predicted octanol–water partition coefficient (Wildman–Crippen LogP) is 2.56. The molecule has 3 aromatic rings. The number of thioether (sulfide) groups is 1. The summed E-state index contributed by atoms with van der Waals surface area (Å²) in [4.78, 5) is 4.17. The molecule has 0 unspecified atom stereocenters. The van der Waals surface area contributed by atoms with Gasteiger partial charge in [-0.3, -0.25) is 4.57 Å². The zero-order valence-corrected chi connectivity index (χ0v) is 12.0. The van der Waals surface area contributed by atoms with Gasteiger partial charge in [0, 0.05) is 6.92 Å². The van der Waals surface area contributed by atoms with E-state index in [0.29, 0.717) is 17.5 Å². The van der Waals surface area contributed by atoms with E-state index in [1.807, 2.05) is 22.8 Å². The van der Waals surface area contributed by atoms with Crippen LogP contribution in [0.3, 0.4) is 0 Å². The molecule has 0 aliphatic heterocycles. The number of rotatable bonds is 4. The summed E-state index contributed by atoms with van der Waals surface area (Å²) in [6.07, 6.45) is 1.71. The first-order chi connectivity index (χ1) is 9.74. The van der Waals surface area contributed by atoms with Gasteiger partial charge in [0.15, 0.2) is 11.0 Å². The number of para-hydroxylation sites is 1. The molecule has 0 radical (unpaired) electrons. The molecule has 3 rings (SSSR count). The monoisotopic (exact) mass is 287 g/mol. The Bertz CT molecular complexity index is 721. The van der Waals surface area contributed by atoms with Crippen LogP contribution in [0.25, 0.3) is 5.69 Å². The van der Waals surface area contributed by atoms with Crippen LogP contribution in [0.15, 0.2) is 40.3 Å². The lowest BCUT2D eigenvalue weighted by Gasteiger charge is -2.08. The minimum Gasteiger partial charge on any atom is -0.340 e. The van der Waals surface area contributed by atoms with E-state index in [-0.39, 0.29) is 0 Å². The van der Waals surface area contributed by atoms with Gasteiger partial charge in [-0.1, -0.05) is 35.1 Å². The fraction of sp³-hybridized carbons (Fsp3) is 0.231. The van der Waals surface area contributed by atoms with Crippen LogP contribution >= 0.6 is 11.8 Å². The molecule has 0 N–H and O–H groups in total. The third-order valence-electron chi connectivity index (χ3n) is 2.79. The third-order valence-corrected chi connectivity index (χ3v) is 3.73. The molecule has 0 saturated carbocycles. The van der Waals surface area contributed by atoms with Crippen molar-refractivity contribution in [3.63, 3.8) is 0 Å². The normalized spacial score (nSPS) is 10.9. The van der Waals surface area contributed by atoms with Gasteiger partial charge in [-0.25, -0.2) is 0 Å². The van der Waals surface area contributed by atoms with E-state index < -0.39 is 0 Å². The molecule has 20 heavy (non-hydrogen) atoms. The lowest BCUT2D eigenvalue weighted by Crippen LogP contribution is -1.98. The maximum atomic E-state index is 4.95. The van der Waals surface area contributed by atoms with Crippen LogP contribution in [0, 0.1) is 13.8 Å². The molecule has 1 aromatic carbocycles. The van der Waals surface area contributed by atoms with Gasteiger partial charge in [0.05, 0.1) is 11.4 Å². The van der Waals surface area contributed by atoms with Crippen LogP contribution in [0.4, 0.5) is 0 Å². The molecule has 0 fully saturated rings. The van der Waals surface area contributed by atoms with Crippen molar-refractivity contribution in [1.29, 1.82) is 0 Å². The van der Waals surface area contributed by atoms with Crippen molar-refractivity contribution in [2.45, 2.75) is 24.8 Å². The SMILES string of the molecule is Cc1nc(CSc2nncn2-c2ccccc2C)no1. The van der Waals surface area contributed by atoms with Crippen LogP contribution in [0.1, 0.15) is 17.3 Å². The Labute approximate surface area is 120 Å². The van der Waals surface area contributed by atoms with Crippen molar-refractivity contribution in [1.82, 2.24) is 24.9 Å². The lowest BCUT2D eigenvalue weighted by molar-refractivity contribution is 0.389. The Morgan fingerprint density at radius 3 is 2.85 bits per heavy atom. The van der Waals surface area contributed by atoms with E-state index in [1.165, 1.54) is 17.3 Å². The highest BCUT2D eigenvalue weighted by Crippen LogP contribution is 2.23. The zero-order chi connectivity index (χ0) is 13.9. The summed E-state index contributed by atoms with van der Waals surface area (Å²) < 4.78 is 6.92. The van der Waals surface area contributed by atoms with Gasteiger partial charge in [0.25, 0.3) is 0 Å². The molecule has 0 aliphatic rings. The Morgan fingerprint density at radius 1 is 1.25 bits per heavy atom. The molecule has 0 aliphatic carbocycles. The minimum absolute atomic E-state index is 0.570. The average molecular weight is 287 g/mol. The van der Waals surface area contributed by atoms with Crippen molar-refractivity contribution in [3.8, 4) is 5.69 Å². The second-order valence-electron chi connectivity index (χ2n) is 4.29.